The highest BCUT2D eigenvalue weighted by Crippen LogP contribution is 2.12. The Labute approximate surface area is 95.2 Å². The first kappa shape index (κ1) is 13.0. The number of carboxylic acid groups (broad SMARTS) is 1. The predicted molar refractivity (Wildman–Crippen MR) is 58.0 cm³/mol. The van der Waals surface area contributed by atoms with E-state index < -0.39 is 11.9 Å². The van der Waals surface area contributed by atoms with Crippen molar-refractivity contribution in [3.8, 4) is 0 Å². The third-order valence-electron chi connectivity index (χ3n) is 2.73. The molecule has 5 nitrogen and oxygen atoms in total. The van der Waals surface area contributed by atoms with Crippen molar-refractivity contribution in [3.05, 3.63) is 0 Å². The molecule has 1 unspecified atom stereocenters. The second kappa shape index (κ2) is 6.48. The topological polar surface area (TPSA) is 75.6 Å². The van der Waals surface area contributed by atoms with Crippen molar-refractivity contribution in [2.24, 2.45) is 5.92 Å². The van der Waals surface area contributed by atoms with E-state index in [0.717, 1.165) is 19.3 Å². The lowest BCUT2D eigenvalue weighted by Crippen LogP contribution is -2.38. The van der Waals surface area contributed by atoms with E-state index in [1.54, 1.807) is 0 Å². The lowest BCUT2D eigenvalue weighted by atomic mass is 10.0. The van der Waals surface area contributed by atoms with E-state index in [4.69, 9.17) is 9.84 Å². The maximum absolute atomic E-state index is 11.5. The molecule has 1 fully saturated rings. The van der Waals surface area contributed by atoms with Crippen LogP contribution in [0.25, 0.3) is 0 Å². The molecule has 0 aliphatic carbocycles. The second-order valence-electron chi connectivity index (χ2n) is 4.07. The van der Waals surface area contributed by atoms with Gasteiger partial charge < -0.3 is 15.2 Å². The van der Waals surface area contributed by atoms with Crippen molar-refractivity contribution >= 4 is 11.9 Å². The van der Waals surface area contributed by atoms with Crippen LogP contribution in [0.3, 0.4) is 0 Å². The first-order valence-electron chi connectivity index (χ1n) is 5.77. The Balaban J connectivity index is 2.30. The van der Waals surface area contributed by atoms with Gasteiger partial charge in [-0.15, -0.1) is 0 Å². The number of hydrogen-bond donors (Lipinski definition) is 2. The third kappa shape index (κ3) is 3.81. The molecular weight excluding hydrogens is 210 g/mol. The van der Waals surface area contributed by atoms with Crippen LogP contribution in [0.1, 0.15) is 32.6 Å². The van der Waals surface area contributed by atoms with Crippen molar-refractivity contribution in [2.75, 3.05) is 13.2 Å². The zero-order chi connectivity index (χ0) is 12.0. The number of carboxylic acids is 1. The number of nitrogens with one attached hydrogen (secondary N) is 1. The molecule has 0 bridgehead atoms. The number of hydrogen-bond acceptors (Lipinski definition) is 3. The van der Waals surface area contributed by atoms with Gasteiger partial charge in [-0.3, -0.25) is 9.59 Å². The molecule has 1 amide bonds. The summed E-state index contributed by atoms with van der Waals surface area (Å²) in [6.07, 6.45) is 2.64. The standard InChI is InChI=1S/C11H19NO4/c1-2-4-8(11(14)15)7-12-10(13)9-5-3-6-16-9/h8-9H,2-7H2,1H3,(H,12,13)(H,14,15)/t8?,9-/m1/s1. The molecule has 0 radical (unpaired) electrons. The van der Waals surface area contributed by atoms with E-state index in [0.29, 0.717) is 13.0 Å². The van der Waals surface area contributed by atoms with E-state index in [9.17, 15) is 9.59 Å². The van der Waals surface area contributed by atoms with E-state index in [-0.39, 0.29) is 18.6 Å². The van der Waals surface area contributed by atoms with Gasteiger partial charge in [0.2, 0.25) is 5.91 Å². The molecule has 1 aliphatic rings. The van der Waals surface area contributed by atoms with E-state index in [2.05, 4.69) is 5.32 Å². The molecule has 1 rings (SSSR count). The van der Waals surface area contributed by atoms with Crippen LogP contribution in [0.2, 0.25) is 0 Å². The summed E-state index contributed by atoms with van der Waals surface area (Å²) in [6.45, 7) is 2.75. The number of rotatable bonds is 6. The van der Waals surface area contributed by atoms with Gasteiger partial charge in [0.25, 0.3) is 0 Å². The van der Waals surface area contributed by atoms with Crippen molar-refractivity contribution in [1.82, 2.24) is 5.32 Å². The maximum atomic E-state index is 11.5. The predicted octanol–water partition coefficient (Wildman–Crippen LogP) is 0.782. The monoisotopic (exact) mass is 229 g/mol. The number of aliphatic carboxylic acids is 1. The van der Waals surface area contributed by atoms with Crippen LogP contribution in [-0.4, -0.2) is 36.2 Å². The van der Waals surface area contributed by atoms with Gasteiger partial charge in [0.1, 0.15) is 6.10 Å². The average Bonchev–Trinajstić information content (AvgIpc) is 2.76. The number of ether oxygens (including phenoxy) is 1. The summed E-state index contributed by atoms with van der Waals surface area (Å²) >= 11 is 0. The van der Waals surface area contributed by atoms with Crippen LogP contribution in [0.15, 0.2) is 0 Å². The highest BCUT2D eigenvalue weighted by molar-refractivity contribution is 5.81. The molecule has 2 atom stereocenters. The van der Waals surface area contributed by atoms with Crippen molar-refractivity contribution < 1.29 is 19.4 Å². The summed E-state index contributed by atoms with van der Waals surface area (Å²) in [7, 11) is 0. The van der Waals surface area contributed by atoms with Crippen molar-refractivity contribution in [1.29, 1.82) is 0 Å². The molecule has 1 aliphatic heterocycles. The number of carbonyl (C=O) groups excluding carboxylic acids is 1. The van der Waals surface area contributed by atoms with Crippen molar-refractivity contribution in [2.45, 2.75) is 38.7 Å². The summed E-state index contributed by atoms with van der Waals surface area (Å²) in [5.41, 5.74) is 0. The van der Waals surface area contributed by atoms with Gasteiger partial charge in [-0.1, -0.05) is 13.3 Å². The quantitative estimate of drug-likeness (QED) is 0.705. The van der Waals surface area contributed by atoms with Crippen molar-refractivity contribution in [3.63, 3.8) is 0 Å². The molecule has 0 spiro atoms. The van der Waals surface area contributed by atoms with E-state index in [1.165, 1.54) is 0 Å². The van der Waals surface area contributed by atoms with Crippen LogP contribution in [-0.2, 0) is 14.3 Å². The molecule has 0 saturated carbocycles. The first-order chi connectivity index (χ1) is 7.65. The SMILES string of the molecule is CCCC(CNC(=O)[C@H]1CCCO1)C(=O)O. The molecule has 2 N–H and O–H groups in total. The fraction of sp³-hybridized carbons (Fsp3) is 0.818. The maximum Gasteiger partial charge on any atom is 0.308 e. The summed E-state index contributed by atoms with van der Waals surface area (Å²) in [6, 6.07) is 0. The number of amides is 1. The Hall–Kier alpha value is -1.10. The Bertz CT molecular complexity index is 248. The Morgan fingerprint density at radius 2 is 2.31 bits per heavy atom. The summed E-state index contributed by atoms with van der Waals surface area (Å²) in [5, 5.41) is 11.5. The highest BCUT2D eigenvalue weighted by Gasteiger charge is 2.25. The largest absolute Gasteiger partial charge is 0.481 e. The van der Waals surface area contributed by atoms with Gasteiger partial charge >= 0.3 is 5.97 Å². The molecule has 16 heavy (non-hydrogen) atoms. The van der Waals surface area contributed by atoms with Gasteiger partial charge in [-0.05, 0) is 19.3 Å². The molecule has 5 heteroatoms. The van der Waals surface area contributed by atoms with Crippen LogP contribution in [0.5, 0.6) is 0 Å². The van der Waals surface area contributed by atoms with Gasteiger partial charge in [0.05, 0.1) is 5.92 Å². The summed E-state index contributed by atoms with van der Waals surface area (Å²) in [5.74, 6) is -1.52. The third-order valence-corrected chi connectivity index (χ3v) is 2.73. The molecular formula is C11H19NO4. The molecule has 0 aromatic carbocycles. The lowest BCUT2D eigenvalue weighted by Gasteiger charge is -2.14. The molecule has 0 aromatic heterocycles. The van der Waals surface area contributed by atoms with Gasteiger partial charge in [-0.2, -0.15) is 0 Å². The van der Waals surface area contributed by atoms with Crippen LogP contribution in [0, 0.1) is 5.92 Å². The van der Waals surface area contributed by atoms with Gasteiger partial charge in [0.15, 0.2) is 0 Å². The fourth-order valence-corrected chi connectivity index (χ4v) is 1.78. The zero-order valence-electron chi connectivity index (χ0n) is 9.57. The minimum Gasteiger partial charge on any atom is -0.481 e. The zero-order valence-corrected chi connectivity index (χ0v) is 9.57. The van der Waals surface area contributed by atoms with Crippen LogP contribution in [0.4, 0.5) is 0 Å². The average molecular weight is 229 g/mol. The minimum atomic E-state index is -0.852. The van der Waals surface area contributed by atoms with Crippen LogP contribution >= 0.6 is 0 Å². The van der Waals surface area contributed by atoms with E-state index in [1.807, 2.05) is 6.92 Å². The van der Waals surface area contributed by atoms with E-state index >= 15 is 0 Å². The Kier molecular flexibility index (Phi) is 5.25. The highest BCUT2D eigenvalue weighted by atomic mass is 16.5. The van der Waals surface area contributed by atoms with Gasteiger partial charge in [0, 0.05) is 13.2 Å². The molecule has 0 aromatic rings. The Morgan fingerprint density at radius 3 is 2.81 bits per heavy atom. The van der Waals surface area contributed by atoms with Crippen LogP contribution < -0.4 is 5.32 Å². The summed E-state index contributed by atoms with van der Waals surface area (Å²) in [4.78, 5) is 22.4. The normalized spacial score (nSPS) is 21.7. The molecule has 1 saturated heterocycles. The second-order valence-corrected chi connectivity index (χ2v) is 4.07. The lowest BCUT2D eigenvalue weighted by molar-refractivity contribution is -0.142. The minimum absolute atomic E-state index is 0.181. The fourth-order valence-electron chi connectivity index (χ4n) is 1.78. The smallest absolute Gasteiger partial charge is 0.308 e. The number of carbonyl (C=O) groups is 2. The molecule has 1 heterocycles. The van der Waals surface area contributed by atoms with Gasteiger partial charge in [-0.25, -0.2) is 0 Å². The molecule has 92 valence electrons. The first-order valence-corrected chi connectivity index (χ1v) is 5.77. The summed E-state index contributed by atoms with van der Waals surface area (Å²) < 4.78 is 5.21. The Morgan fingerprint density at radius 1 is 1.56 bits per heavy atom.